The van der Waals surface area contributed by atoms with Crippen LogP contribution in [0.5, 0.6) is 11.5 Å². The molecule has 0 atom stereocenters. The number of nitro benzene ring substituents is 1. The zero-order chi connectivity index (χ0) is 22.9. The van der Waals surface area contributed by atoms with Crippen LogP contribution in [0.3, 0.4) is 0 Å². The fourth-order valence-electron chi connectivity index (χ4n) is 2.71. The zero-order valence-corrected chi connectivity index (χ0v) is 17.0. The summed E-state index contributed by atoms with van der Waals surface area (Å²) in [6, 6.07) is 14.1. The molecule has 3 rings (SSSR count). The average Bonchev–Trinajstić information content (AvgIpc) is 2.79. The first-order valence-corrected chi connectivity index (χ1v) is 9.49. The maximum atomic E-state index is 11.0. The molecule has 11 heteroatoms. The van der Waals surface area contributed by atoms with Gasteiger partial charge in [0.1, 0.15) is 6.61 Å². The summed E-state index contributed by atoms with van der Waals surface area (Å²) in [5.41, 5.74) is 3.66. The van der Waals surface area contributed by atoms with Crippen LogP contribution in [0.4, 0.5) is 17.2 Å². The molecular weight excluding hydrogens is 418 g/mol. The molecule has 0 amide bonds. The number of nitro groups is 2. The van der Waals surface area contributed by atoms with Crippen molar-refractivity contribution in [3.63, 3.8) is 0 Å². The van der Waals surface area contributed by atoms with Gasteiger partial charge in [-0.3, -0.25) is 25.7 Å². The second kappa shape index (κ2) is 10.5. The van der Waals surface area contributed by atoms with Crippen molar-refractivity contribution in [1.82, 2.24) is 4.98 Å². The summed E-state index contributed by atoms with van der Waals surface area (Å²) in [6.45, 7) is 2.35. The molecule has 1 aromatic heterocycles. The topological polar surface area (TPSA) is 142 Å². The van der Waals surface area contributed by atoms with Gasteiger partial charge in [0.15, 0.2) is 11.5 Å². The molecule has 0 aliphatic carbocycles. The van der Waals surface area contributed by atoms with Crippen molar-refractivity contribution in [1.29, 1.82) is 0 Å². The van der Waals surface area contributed by atoms with Crippen LogP contribution < -0.4 is 14.9 Å². The minimum atomic E-state index is -0.550. The number of benzene rings is 2. The van der Waals surface area contributed by atoms with Crippen molar-refractivity contribution in [2.24, 2.45) is 5.10 Å². The molecule has 3 aromatic rings. The van der Waals surface area contributed by atoms with Crippen LogP contribution in [0.1, 0.15) is 18.1 Å². The SMILES string of the molecule is CCOc1cc(/C=N\Nc2ncccc2[N+](=O)[O-])ccc1OCc1cccc([N+](=O)[O-])c1. The summed E-state index contributed by atoms with van der Waals surface area (Å²) in [6.07, 6.45) is 2.89. The molecule has 2 aromatic carbocycles. The van der Waals surface area contributed by atoms with E-state index >= 15 is 0 Å². The van der Waals surface area contributed by atoms with Gasteiger partial charge < -0.3 is 9.47 Å². The zero-order valence-electron chi connectivity index (χ0n) is 17.0. The smallest absolute Gasteiger partial charge is 0.313 e. The van der Waals surface area contributed by atoms with E-state index in [1.165, 1.54) is 36.7 Å². The molecule has 0 unspecified atom stereocenters. The maximum Gasteiger partial charge on any atom is 0.313 e. The van der Waals surface area contributed by atoms with Gasteiger partial charge in [-0.25, -0.2) is 4.98 Å². The van der Waals surface area contributed by atoms with Gasteiger partial charge in [0, 0.05) is 24.4 Å². The minimum Gasteiger partial charge on any atom is -0.490 e. The Kier molecular flexibility index (Phi) is 7.25. The fraction of sp³-hybridized carbons (Fsp3) is 0.143. The first-order chi connectivity index (χ1) is 15.5. The number of aromatic nitrogens is 1. The van der Waals surface area contributed by atoms with E-state index in [0.29, 0.717) is 29.2 Å². The van der Waals surface area contributed by atoms with Crippen LogP contribution in [0.25, 0.3) is 0 Å². The number of nitrogens with zero attached hydrogens (tertiary/aromatic N) is 4. The summed E-state index contributed by atoms with van der Waals surface area (Å²) in [4.78, 5) is 24.9. The van der Waals surface area contributed by atoms with Crippen molar-refractivity contribution < 1.29 is 19.3 Å². The number of hydrazone groups is 1. The molecule has 0 bridgehead atoms. The van der Waals surface area contributed by atoms with Gasteiger partial charge in [0.2, 0.25) is 5.82 Å². The van der Waals surface area contributed by atoms with Gasteiger partial charge in [-0.05, 0) is 42.3 Å². The van der Waals surface area contributed by atoms with E-state index in [-0.39, 0.29) is 23.8 Å². The second-order valence-corrected chi connectivity index (χ2v) is 6.35. The third-order valence-corrected chi connectivity index (χ3v) is 4.15. The highest BCUT2D eigenvalue weighted by atomic mass is 16.6. The van der Waals surface area contributed by atoms with Crippen molar-refractivity contribution in [3.05, 3.63) is 92.1 Å². The van der Waals surface area contributed by atoms with Crippen LogP contribution in [0, 0.1) is 20.2 Å². The van der Waals surface area contributed by atoms with Crippen LogP contribution >= 0.6 is 0 Å². The largest absolute Gasteiger partial charge is 0.490 e. The molecule has 0 fully saturated rings. The number of ether oxygens (including phenoxy) is 2. The third-order valence-electron chi connectivity index (χ3n) is 4.15. The van der Waals surface area contributed by atoms with E-state index in [4.69, 9.17) is 9.47 Å². The molecule has 32 heavy (non-hydrogen) atoms. The Bertz CT molecular complexity index is 1150. The highest BCUT2D eigenvalue weighted by Crippen LogP contribution is 2.29. The molecule has 11 nitrogen and oxygen atoms in total. The number of anilines is 1. The Labute approximate surface area is 182 Å². The predicted molar refractivity (Wildman–Crippen MR) is 117 cm³/mol. The summed E-state index contributed by atoms with van der Waals surface area (Å²) >= 11 is 0. The van der Waals surface area contributed by atoms with E-state index in [2.05, 4.69) is 15.5 Å². The summed E-state index contributed by atoms with van der Waals surface area (Å²) in [7, 11) is 0. The van der Waals surface area contributed by atoms with Crippen LogP contribution in [-0.4, -0.2) is 27.7 Å². The van der Waals surface area contributed by atoms with Crippen LogP contribution in [-0.2, 0) is 6.61 Å². The van der Waals surface area contributed by atoms with Gasteiger partial charge >= 0.3 is 5.69 Å². The molecule has 0 aliphatic heterocycles. The van der Waals surface area contributed by atoms with Crippen molar-refractivity contribution in [3.8, 4) is 11.5 Å². The predicted octanol–water partition coefficient (Wildman–Crippen LogP) is 4.32. The Balaban J connectivity index is 1.71. The maximum absolute atomic E-state index is 11.0. The number of non-ortho nitro benzene ring substituents is 1. The lowest BCUT2D eigenvalue weighted by Gasteiger charge is -2.12. The minimum absolute atomic E-state index is 0.0108. The summed E-state index contributed by atoms with van der Waals surface area (Å²) in [5.74, 6) is 0.949. The number of hydrogen-bond acceptors (Lipinski definition) is 9. The number of rotatable bonds is 10. The quantitative estimate of drug-likeness (QED) is 0.281. The highest BCUT2D eigenvalue weighted by molar-refractivity contribution is 5.81. The van der Waals surface area contributed by atoms with E-state index in [1.54, 1.807) is 30.3 Å². The Morgan fingerprint density at radius 1 is 1.03 bits per heavy atom. The van der Waals surface area contributed by atoms with Crippen molar-refractivity contribution in [2.45, 2.75) is 13.5 Å². The molecule has 0 saturated heterocycles. The fourth-order valence-corrected chi connectivity index (χ4v) is 2.71. The standard InChI is InChI=1S/C21H19N5O6/c1-2-31-20-12-15(13-23-24-21-18(26(29)30)7-4-10-22-21)8-9-19(20)32-14-16-5-3-6-17(11-16)25(27)28/h3-13H,2,14H2,1H3,(H,22,24)/b23-13-. The second-order valence-electron chi connectivity index (χ2n) is 6.35. The molecule has 0 aliphatic rings. The first kappa shape index (κ1) is 22.2. The molecule has 0 radical (unpaired) electrons. The molecule has 0 spiro atoms. The lowest BCUT2D eigenvalue weighted by molar-refractivity contribution is -0.385. The molecule has 164 valence electrons. The van der Waals surface area contributed by atoms with E-state index < -0.39 is 9.85 Å². The van der Waals surface area contributed by atoms with Gasteiger partial charge in [-0.2, -0.15) is 5.10 Å². The Hall–Kier alpha value is -4.54. The van der Waals surface area contributed by atoms with Crippen molar-refractivity contribution >= 4 is 23.4 Å². The Morgan fingerprint density at radius 2 is 1.88 bits per heavy atom. The van der Waals surface area contributed by atoms with E-state index in [0.717, 1.165) is 0 Å². The molecule has 0 saturated carbocycles. The number of hydrogen-bond donors (Lipinski definition) is 1. The monoisotopic (exact) mass is 437 g/mol. The normalized spacial score (nSPS) is 10.7. The lowest BCUT2D eigenvalue weighted by Crippen LogP contribution is -2.01. The van der Waals surface area contributed by atoms with E-state index in [1.807, 2.05) is 6.92 Å². The summed E-state index contributed by atoms with van der Waals surface area (Å²) < 4.78 is 11.4. The lowest BCUT2D eigenvalue weighted by atomic mass is 10.2. The van der Waals surface area contributed by atoms with Gasteiger partial charge in [-0.1, -0.05) is 12.1 Å². The molecule has 1 N–H and O–H groups in total. The van der Waals surface area contributed by atoms with Crippen LogP contribution in [0.15, 0.2) is 65.9 Å². The summed E-state index contributed by atoms with van der Waals surface area (Å²) in [5, 5.41) is 26.0. The van der Waals surface area contributed by atoms with Gasteiger partial charge in [-0.15, -0.1) is 0 Å². The highest BCUT2D eigenvalue weighted by Gasteiger charge is 2.13. The first-order valence-electron chi connectivity index (χ1n) is 9.49. The van der Waals surface area contributed by atoms with Gasteiger partial charge in [0.25, 0.3) is 5.69 Å². The molecular formula is C21H19N5O6. The third kappa shape index (κ3) is 5.75. The molecule has 1 heterocycles. The van der Waals surface area contributed by atoms with E-state index in [9.17, 15) is 20.2 Å². The van der Waals surface area contributed by atoms with Gasteiger partial charge in [0.05, 0.1) is 22.7 Å². The number of nitrogens with one attached hydrogen (secondary N) is 1. The number of pyridine rings is 1. The van der Waals surface area contributed by atoms with Crippen LogP contribution in [0.2, 0.25) is 0 Å². The Morgan fingerprint density at radius 3 is 2.62 bits per heavy atom. The van der Waals surface area contributed by atoms with Crippen molar-refractivity contribution in [2.75, 3.05) is 12.0 Å². The average molecular weight is 437 g/mol.